The molecular formula is C27H50O7Si. The molecule has 0 radical (unpaired) electrons. The lowest BCUT2D eigenvalue weighted by molar-refractivity contribution is -0.201. The van der Waals surface area contributed by atoms with Crippen LogP contribution in [0, 0.1) is 11.8 Å². The van der Waals surface area contributed by atoms with Crippen LogP contribution >= 0.6 is 0 Å². The first-order valence-corrected chi connectivity index (χ1v) is 15.3. The summed E-state index contributed by atoms with van der Waals surface area (Å²) in [5.41, 5.74) is 0. The van der Waals surface area contributed by atoms with Gasteiger partial charge >= 0.3 is 5.97 Å². The van der Waals surface area contributed by atoms with Crippen LogP contribution in [0.3, 0.4) is 0 Å². The van der Waals surface area contributed by atoms with Gasteiger partial charge in [0.15, 0.2) is 21.8 Å². The van der Waals surface area contributed by atoms with E-state index in [1.54, 1.807) is 0 Å². The Bertz CT molecular complexity index is 626. The zero-order valence-corrected chi connectivity index (χ0v) is 24.3. The number of esters is 1. The molecule has 2 aliphatic heterocycles. The molecule has 0 amide bonds. The van der Waals surface area contributed by atoms with Gasteiger partial charge in [-0.15, -0.1) is 0 Å². The Labute approximate surface area is 215 Å². The highest BCUT2D eigenvalue weighted by atomic mass is 28.2. The maximum absolute atomic E-state index is 12.5. The van der Waals surface area contributed by atoms with E-state index in [-0.39, 0.29) is 41.3 Å². The van der Waals surface area contributed by atoms with Gasteiger partial charge < -0.3 is 28.1 Å². The minimum absolute atomic E-state index is 0.000759. The van der Waals surface area contributed by atoms with Crippen LogP contribution in [0.25, 0.3) is 0 Å². The Morgan fingerprint density at radius 3 is 2.43 bits per heavy atom. The van der Waals surface area contributed by atoms with Gasteiger partial charge in [-0.1, -0.05) is 40.5 Å². The molecule has 1 saturated carbocycles. The third-order valence-electron chi connectivity index (χ3n) is 7.63. The van der Waals surface area contributed by atoms with E-state index in [0.29, 0.717) is 19.6 Å². The summed E-state index contributed by atoms with van der Waals surface area (Å²) in [6.45, 7) is 11.0. The molecule has 35 heavy (non-hydrogen) atoms. The van der Waals surface area contributed by atoms with Crippen LogP contribution in [0.4, 0.5) is 0 Å². The topological polar surface area (TPSA) is 72.5 Å². The van der Waals surface area contributed by atoms with E-state index in [1.165, 1.54) is 20.0 Å². The minimum atomic E-state index is -0.770. The maximum atomic E-state index is 12.5. The van der Waals surface area contributed by atoms with Crippen molar-refractivity contribution < 1.29 is 32.9 Å². The second kappa shape index (κ2) is 13.9. The number of ether oxygens (including phenoxy) is 5. The summed E-state index contributed by atoms with van der Waals surface area (Å²) in [6.07, 6.45) is 10.2. The molecule has 3 fully saturated rings. The van der Waals surface area contributed by atoms with E-state index in [1.807, 2.05) is 0 Å². The van der Waals surface area contributed by atoms with Crippen LogP contribution in [0.1, 0.15) is 98.3 Å². The van der Waals surface area contributed by atoms with Gasteiger partial charge in [-0.05, 0) is 55.4 Å². The van der Waals surface area contributed by atoms with Gasteiger partial charge in [0.05, 0.1) is 39.0 Å². The SMILES string of the molecule is CCCCCC1(CC[C@@H]2[C@H](CC(=O)OC)[C@@H](O[SiH2]C(C)(C)C)C[C@H]2OC2CCCCO2)OCCO1. The molecule has 8 heteroatoms. The molecule has 2 saturated heterocycles. The van der Waals surface area contributed by atoms with Gasteiger partial charge in [0.1, 0.15) is 0 Å². The van der Waals surface area contributed by atoms with E-state index in [4.69, 9.17) is 28.1 Å². The molecule has 0 aromatic rings. The molecule has 204 valence electrons. The predicted molar refractivity (Wildman–Crippen MR) is 138 cm³/mol. The Balaban J connectivity index is 1.76. The Morgan fingerprint density at radius 2 is 1.80 bits per heavy atom. The highest BCUT2D eigenvalue weighted by Gasteiger charge is 2.48. The summed E-state index contributed by atoms with van der Waals surface area (Å²) in [4.78, 5) is 12.5. The fourth-order valence-corrected chi connectivity index (χ4v) is 6.85. The highest BCUT2D eigenvalue weighted by molar-refractivity contribution is 6.31. The first-order chi connectivity index (χ1) is 16.8. The summed E-state index contributed by atoms with van der Waals surface area (Å²) in [5, 5.41) is 0.186. The van der Waals surface area contributed by atoms with Crippen LogP contribution in [0.5, 0.6) is 0 Å². The first-order valence-electron chi connectivity index (χ1n) is 14.0. The Hall–Kier alpha value is -0.513. The molecule has 5 atom stereocenters. The largest absolute Gasteiger partial charge is 0.469 e. The van der Waals surface area contributed by atoms with E-state index < -0.39 is 15.6 Å². The molecular weight excluding hydrogens is 464 g/mol. The molecule has 7 nitrogen and oxygen atoms in total. The van der Waals surface area contributed by atoms with Crippen molar-refractivity contribution >= 4 is 15.7 Å². The van der Waals surface area contributed by atoms with Crippen molar-refractivity contribution in [2.75, 3.05) is 26.9 Å². The fraction of sp³-hybridized carbons (Fsp3) is 0.963. The van der Waals surface area contributed by atoms with Gasteiger partial charge in [0.2, 0.25) is 0 Å². The van der Waals surface area contributed by atoms with Gasteiger partial charge in [-0.2, -0.15) is 0 Å². The zero-order chi connectivity index (χ0) is 25.3. The van der Waals surface area contributed by atoms with E-state index >= 15 is 0 Å². The van der Waals surface area contributed by atoms with Crippen molar-refractivity contribution in [2.24, 2.45) is 11.8 Å². The molecule has 3 aliphatic rings. The third kappa shape index (κ3) is 9.07. The quantitative estimate of drug-likeness (QED) is 0.197. The number of hydrogen-bond donors (Lipinski definition) is 0. The number of carbonyl (C=O) groups is 1. The van der Waals surface area contributed by atoms with Crippen LogP contribution < -0.4 is 0 Å². The van der Waals surface area contributed by atoms with Gasteiger partial charge in [0.25, 0.3) is 0 Å². The van der Waals surface area contributed by atoms with Crippen LogP contribution in [0.2, 0.25) is 5.04 Å². The van der Waals surface area contributed by atoms with Crippen molar-refractivity contribution in [1.29, 1.82) is 0 Å². The molecule has 0 aromatic carbocycles. The third-order valence-corrected chi connectivity index (χ3v) is 9.09. The van der Waals surface area contributed by atoms with Crippen LogP contribution in [-0.4, -0.2) is 66.9 Å². The van der Waals surface area contributed by atoms with E-state index in [9.17, 15) is 4.79 Å². The average Bonchev–Trinajstić information content (AvgIpc) is 3.42. The number of rotatable bonds is 13. The fourth-order valence-electron chi connectivity index (χ4n) is 5.75. The zero-order valence-electron chi connectivity index (χ0n) is 22.9. The van der Waals surface area contributed by atoms with Gasteiger partial charge in [0, 0.05) is 19.4 Å². The van der Waals surface area contributed by atoms with Crippen LogP contribution in [0.15, 0.2) is 0 Å². The predicted octanol–water partition coefficient (Wildman–Crippen LogP) is 4.89. The molecule has 0 spiro atoms. The van der Waals surface area contributed by atoms with Crippen LogP contribution in [-0.2, 0) is 32.9 Å². The molecule has 0 bridgehead atoms. The summed E-state index contributed by atoms with van der Waals surface area (Å²) in [7, 11) is 0.701. The molecule has 2 heterocycles. The second-order valence-electron chi connectivity index (χ2n) is 11.8. The van der Waals surface area contributed by atoms with Crippen molar-refractivity contribution in [2.45, 2.75) is 128 Å². The molecule has 1 aliphatic carbocycles. The van der Waals surface area contributed by atoms with Crippen molar-refractivity contribution in [3.05, 3.63) is 0 Å². The normalized spacial score (nSPS) is 31.4. The highest BCUT2D eigenvalue weighted by Crippen LogP contribution is 2.45. The summed E-state index contributed by atoms with van der Waals surface area (Å²) < 4.78 is 36.6. The lowest BCUT2D eigenvalue weighted by Crippen LogP contribution is -2.36. The standard InChI is InChI=1S/C27H50O7Si/c1-6-7-9-13-27(31-16-17-32-27)14-12-20-21(18-24(28)29-5)23(34-35-26(2,3)4)19-22(20)33-25-11-8-10-15-30-25/h20-23,25H,6-19,35H2,1-5H3/t20-,21+,22-,23+,25?/m1/s1. The first kappa shape index (κ1) is 29.0. The lowest BCUT2D eigenvalue weighted by atomic mass is 9.85. The smallest absolute Gasteiger partial charge is 0.305 e. The summed E-state index contributed by atoms with van der Waals surface area (Å²) >= 11 is 0. The molecule has 0 aromatic heterocycles. The maximum Gasteiger partial charge on any atom is 0.305 e. The monoisotopic (exact) mass is 514 g/mol. The molecule has 1 unspecified atom stereocenters. The lowest BCUT2D eigenvalue weighted by Gasteiger charge is -2.33. The van der Waals surface area contributed by atoms with Crippen molar-refractivity contribution in [3.8, 4) is 0 Å². The number of hydrogen-bond acceptors (Lipinski definition) is 7. The Morgan fingerprint density at radius 1 is 1.03 bits per heavy atom. The van der Waals surface area contributed by atoms with Crippen molar-refractivity contribution in [3.63, 3.8) is 0 Å². The molecule has 0 N–H and O–H groups in total. The number of methoxy groups -OCH3 is 1. The summed E-state index contributed by atoms with van der Waals surface area (Å²) in [5.74, 6) is -0.434. The van der Waals surface area contributed by atoms with Gasteiger partial charge in [-0.25, -0.2) is 0 Å². The van der Waals surface area contributed by atoms with Gasteiger partial charge in [-0.3, -0.25) is 4.79 Å². The van der Waals surface area contributed by atoms with E-state index in [2.05, 4.69) is 27.7 Å². The molecule has 3 rings (SSSR count). The van der Waals surface area contributed by atoms with E-state index in [0.717, 1.165) is 58.0 Å². The second-order valence-corrected chi connectivity index (χ2v) is 14.6. The number of carbonyl (C=O) groups excluding carboxylic acids is 1. The minimum Gasteiger partial charge on any atom is -0.469 e. The summed E-state index contributed by atoms with van der Waals surface area (Å²) in [6, 6.07) is 0. The van der Waals surface area contributed by atoms with Crippen molar-refractivity contribution in [1.82, 2.24) is 0 Å². The number of unbranched alkanes of at least 4 members (excludes halogenated alkanes) is 2. The average molecular weight is 515 g/mol. The Kier molecular flexibility index (Phi) is 11.5.